The molecule has 0 bridgehead atoms. The second-order valence-electron chi connectivity index (χ2n) is 3.66. The van der Waals surface area contributed by atoms with E-state index >= 15 is 0 Å². The Morgan fingerprint density at radius 3 is 2.35 bits per heavy atom. The normalized spacial score (nSPS) is 10.7. The van der Waals surface area contributed by atoms with Crippen LogP contribution in [0, 0.1) is 0 Å². The number of halogens is 1. The maximum Gasteiger partial charge on any atom is 0.296 e. The van der Waals surface area contributed by atoms with Gasteiger partial charge in [-0.25, -0.2) is 4.79 Å². The highest BCUT2D eigenvalue weighted by atomic mass is 35.5. The Morgan fingerprint density at radius 1 is 1.05 bits per heavy atom. The second-order valence-corrected chi connectivity index (χ2v) is 5.67. The van der Waals surface area contributed by atoms with E-state index in [2.05, 4.69) is 4.40 Å². The largest absolute Gasteiger partial charge is 0.456 e. The van der Waals surface area contributed by atoms with Crippen molar-refractivity contribution < 1.29 is 17.9 Å². The van der Waals surface area contributed by atoms with Crippen molar-refractivity contribution in [3.8, 4) is 11.5 Å². The van der Waals surface area contributed by atoms with Gasteiger partial charge in [0.25, 0.3) is 16.1 Å². The number of benzene rings is 2. The van der Waals surface area contributed by atoms with Crippen LogP contribution < -0.4 is 4.74 Å². The lowest BCUT2D eigenvalue weighted by atomic mass is 10.3. The first kappa shape index (κ1) is 14.3. The molecule has 102 valence electrons. The first-order chi connectivity index (χ1) is 9.53. The van der Waals surface area contributed by atoms with E-state index in [-0.39, 0.29) is 10.6 Å². The lowest BCUT2D eigenvalue weighted by Crippen LogP contribution is -1.99. The van der Waals surface area contributed by atoms with Gasteiger partial charge in [-0.2, -0.15) is 8.42 Å². The number of isocyanates is 1. The lowest BCUT2D eigenvalue weighted by molar-refractivity contribution is 0.467. The van der Waals surface area contributed by atoms with Gasteiger partial charge in [-0.3, -0.25) is 0 Å². The van der Waals surface area contributed by atoms with Crippen molar-refractivity contribution in [2.24, 2.45) is 4.40 Å². The molecular weight excluding hydrogens is 302 g/mol. The molecule has 0 saturated carbocycles. The SMILES string of the molecule is O=C=NS(=O)(=O)c1ccccc1Oc1ccc(Cl)cc1. The number of hydrogen-bond acceptors (Lipinski definition) is 4. The molecule has 0 heterocycles. The Kier molecular flexibility index (Phi) is 4.20. The van der Waals surface area contributed by atoms with E-state index in [9.17, 15) is 13.2 Å². The molecule has 0 saturated heterocycles. The third-order valence-electron chi connectivity index (χ3n) is 2.33. The molecule has 2 aromatic rings. The number of carbonyl (C=O) groups excluding carboxylic acids is 1. The molecule has 2 aromatic carbocycles. The Balaban J connectivity index is 2.43. The van der Waals surface area contributed by atoms with Crippen molar-refractivity contribution in [2.45, 2.75) is 4.90 Å². The van der Waals surface area contributed by atoms with Crippen molar-refractivity contribution in [2.75, 3.05) is 0 Å². The van der Waals surface area contributed by atoms with Crippen LogP contribution in [0.15, 0.2) is 57.8 Å². The predicted molar refractivity (Wildman–Crippen MR) is 73.3 cm³/mol. The number of hydrogen-bond donors (Lipinski definition) is 0. The van der Waals surface area contributed by atoms with Crippen LogP contribution in [0.4, 0.5) is 0 Å². The van der Waals surface area contributed by atoms with Gasteiger partial charge in [0.2, 0.25) is 0 Å². The summed E-state index contributed by atoms with van der Waals surface area (Å²) >= 11 is 5.75. The van der Waals surface area contributed by atoms with Crippen LogP contribution >= 0.6 is 11.6 Å². The summed E-state index contributed by atoms with van der Waals surface area (Å²) in [4.78, 5) is 9.96. The molecule has 0 amide bonds. The summed E-state index contributed by atoms with van der Waals surface area (Å²) in [6, 6.07) is 12.3. The molecule has 5 nitrogen and oxygen atoms in total. The molecule has 0 aliphatic carbocycles. The quantitative estimate of drug-likeness (QED) is 0.642. The zero-order valence-electron chi connectivity index (χ0n) is 9.99. The summed E-state index contributed by atoms with van der Waals surface area (Å²) in [6.07, 6.45) is 1.02. The van der Waals surface area contributed by atoms with Crippen molar-refractivity contribution in [1.29, 1.82) is 0 Å². The first-order valence-corrected chi connectivity index (χ1v) is 7.21. The average Bonchev–Trinajstić information content (AvgIpc) is 2.42. The first-order valence-electron chi connectivity index (χ1n) is 5.39. The molecule has 0 unspecified atom stereocenters. The van der Waals surface area contributed by atoms with Crippen LogP contribution in [0.3, 0.4) is 0 Å². The second kappa shape index (κ2) is 5.88. The molecule has 0 aromatic heterocycles. The van der Waals surface area contributed by atoms with Gasteiger partial charge >= 0.3 is 0 Å². The van der Waals surface area contributed by atoms with Crippen LogP contribution in [0.2, 0.25) is 5.02 Å². The minimum atomic E-state index is -4.12. The summed E-state index contributed by atoms with van der Waals surface area (Å²) < 4.78 is 31.8. The third-order valence-corrected chi connectivity index (χ3v) is 3.79. The van der Waals surface area contributed by atoms with E-state index < -0.39 is 10.0 Å². The summed E-state index contributed by atoms with van der Waals surface area (Å²) in [6.45, 7) is 0. The van der Waals surface area contributed by atoms with Gasteiger partial charge in [0.1, 0.15) is 16.4 Å². The molecule has 0 spiro atoms. The number of rotatable bonds is 4. The summed E-state index contributed by atoms with van der Waals surface area (Å²) in [7, 11) is -4.12. The fourth-order valence-electron chi connectivity index (χ4n) is 1.48. The minimum absolute atomic E-state index is 0.0637. The van der Waals surface area contributed by atoms with Crippen molar-refractivity contribution in [3.05, 3.63) is 53.6 Å². The van der Waals surface area contributed by atoms with Crippen LogP contribution in [0.1, 0.15) is 0 Å². The van der Waals surface area contributed by atoms with E-state index in [4.69, 9.17) is 16.3 Å². The number of nitrogens with zero attached hydrogens (tertiary/aromatic N) is 1. The monoisotopic (exact) mass is 309 g/mol. The number of ether oxygens (including phenoxy) is 1. The van der Waals surface area contributed by atoms with E-state index in [1.807, 2.05) is 0 Å². The Bertz CT molecular complexity index is 765. The van der Waals surface area contributed by atoms with Crippen LogP contribution in [0.25, 0.3) is 0 Å². The number of sulfonamides is 1. The zero-order valence-corrected chi connectivity index (χ0v) is 11.6. The van der Waals surface area contributed by atoms with Crippen molar-refractivity contribution in [1.82, 2.24) is 0 Å². The van der Waals surface area contributed by atoms with Gasteiger partial charge in [0.05, 0.1) is 0 Å². The standard InChI is InChI=1S/C13H8ClNO4S/c14-10-5-7-11(8-6-10)19-12-3-1-2-4-13(12)20(17,18)15-9-16/h1-8H. The minimum Gasteiger partial charge on any atom is -0.456 e. The molecule has 0 fully saturated rings. The predicted octanol–water partition coefficient (Wildman–Crippen LogP) is 3.16. The van der Waals surface area contributed by atoms with Gasteiger partial charge in [-0.15, -0.1) is 0 Å². The molecular formula is C13H8ClNO4S. The highest BCUT2D eigenvalue weighted by Gasteiger charge is 2.18. The average molecular weight is 310 g/mol. The van der Waals surface area contributed by atoms with Gasteiger partial charge in [-0.1, -0.05) is 28.1 Å². The maximum absolute atomic E-state index is 11.8. The topological polar surface area (TPSA) is 72.8 Å². The molecule has 0 aliphatic rings. The third kappa shape index (κ3) is 3.24. The van der Waals surface area contributed by atoms with Gasteiger partial charge < -0.3 is 4.74 Å². The molecule has 0 atom stereocenters. The number of para-hydroxylation sites is 1. The van der Waals surface area contributed by atoms with Gasteiger partial charge in [0.15, 0.2) is 0 Å². The van der Waals surface area contributed by atoms with Crippen LogP contribution in [0.5, 0.6) is 11.5 Å². The molecule has 2 rings (SSSR count). The smallest absolute Gasteiger partial charge is 0.296 e. The van der Waals surface area contributed by atoms with Crippen LogP contribution in [-0.4, -0.2) is 14.5 Å². The Labute approximate surface area is 120 Å². The molecule has 20 heavy (non-hydrogen) atoms. The summed E-state index contributed by atoms with van der Waals surface area (Å²) in [5, 5.41) is 0.531. The molecule has 0 radical (unpaired) electrons. The van der Waals surface area contributed by atoms with Gasteiger partial charge in [0, 0.05) is 5.02 Å². The highest BCUT2D eigenvalue weighted by Crippen LogP contribution is 2.30. The van der Waals surface area contributed by atoms with E-state index in [1.54, 1.807) is 30.3 Å². The zero-order chi connectivity index (χ0) is 14.6. The fourth-order valence-corrected chi connectivity index (χ4v) is 2.41. The molecule has 0 N–H and O–H groups in total. The van der Waals surface area contributed by atoms with Gasteiger partial charge in [-0.05, 0) is 36.4 Å². The molecule has 7 heteroatoms. The van der Waals surface area contributed by atoms with Crippen LogP contribution in [-0.2, 0) is 14.8 Å². The lowest BCUT2D eigenvalue weighted by Gasteiger charge is -2.09. The Morgan fingerprint density at radius 2 is 1.70 bits per heavy atom. The Hall–Kier alpha value is -2.14. The van der Waals surface area contributed by atoms with Crippen molar-refractivity contribution in [3.63, 3.8) is 0 Å². The maximum atomic E-state index is 11.8. The summed E-state index contributed by atoms with van der Waals surface area (Å²) in [5.74, 6) is 0.473. The highest BCUT2D eigenvalue weighted by molar-refractivity contribution is 7.90. The fraction of sp³-hybridized carbons (Fsp3) is 0. The summed E-state index contributed by atoms with van der Waals surface area (Å²) in [5.41, 5.74) is 0. The van der Waals surface area contributed by atoms with E-state index in [0.29, 0.717) is 10.8 Å². The van der Waals surface area contributed by atoms with E-state index in [1.165, 1.54) is 18.2 Å². The molecule has 0 aliphatic heterocycles. The van der Waals surface area contributed by atoms with Crippen molar-refractivity contribution >= 4 is 27.7 Å². The van der Waals surface area contributed by atoms with E-state index in [0.717, 1.165) is 6.08 Å².